The van der Waals surface area contributed by atoms with E-state index in [0.29, 0.717) is 9.95 Å². The summed E-state index contributed by atoms with van der Waals surface area (Å²) in [6.07, 6.45) is 0. The molecule has 0 unspecified atom stereocenters. The number of esters is 1. The second-order valence-corrected chi connectivity index (χ2v) is 10.3. The van der Waals surface area contributed by atoms with Crippen molar-refractivity contribution in [2.45, 2.75) is 25.1 Å². The Balaban J connectivity index is 1.89. The van der Waals surface area contributed by atoms with E-state index in [-0.39, 0.29) is 18.4 Å². The number of ether oxygens (including phenoxy) is 1. The predicted molar refractivity (Wildman–Crippen MR) is 131 cm³/mol. The van der Waals surface area contributed by atoms with Gasteiger partial charge in [-0.2, -0.15) is 5.10 Å². The molecule has 4 rings (SSSR count). The van der Waals surface area contributed by atoms with Crippen molar-refractivity contribution in [3.05, 3.63) is 69.7 Å². The van der Waals surface area contributed by atoms with Crippen molar-refractivity contribution >= 4 is 67.6 Å². The monoisotopic (exact) mass is 517 g/mol. The van der Waals surface area contributed by atoms with Crippen LogP contribution in [0.3, 0.4) is 0 Å². The summed E-state index contributed by atoms with van der Waals surface area (Å²) in [5.74, 6) is -0.504. The van der Waals surface area contributed by atoms with Gasteiger partial charge in [-0.05, 0) is 62.0 Å². The van der Waals surface area contributed by atoms with E-state index in [1.54, 1.807) is 6.92 Å². The van der Waals surface area contributed by atoms with Gasteiger partial charge in [-0.15, -0.1) is 0 Å². The Kier molecular flexibility index (Phi) is 6.18. The van der Waals surface area contributed by atoms with Crippen molar-refractivity contribution < 1.29 is 14.3 Å². The van der Waals surface area contributed by atoms with E-state index in [4.69, 9.17) is 4.74 Å². The van der Waals surface area contributed by atoms with E-state index in [1.165, 1.54) is 30.4 Å². The number of carbonyl (C=O) groups is 2. The number of hydrogen-bond donors (Lipinski definition) is 0. The second kappa shape index (κ2) is 8.72. The molecule has 2 aromatic carbocycles. The number of nitrogens with zero attached hydrogens (tertiary/aromatic N) is 3. The lowest BCUT2D eigenvalue weighted by Gasteiger charge is -2.41. The Bertz CT molecular complexity index is 1090. The number of rotatable bonds is 5. The van der Waals surface area contributed by atoms with Crippen LogP contribution in [-0.4, -0.2) is 27.7 Å². The first kappa shape index (κ1) is 22.0. The van der Waals surface area contributed by atoms with Gasteiger partial charge in [0.05, 0.1) is 12.3 Å². The zero-order valence-corrected chi connectivity index (χ0v) is 20.4. The van der Waals surface area contributed by atoms with Gasteiger partial charge in [0.2, 0.25) is 4.33 Å². The summed E-state index contributed by atoms with van der Waals surface area (Å²) < 4.78 is 5.36. The molecule has 0 saturated heterocycles. The quantitative estimate of drug-likeness (QED) is 0.480. The number of thioether (sulfide) groups is 2. The fourth-order valence-electron chi connectivity index (χ4n) is 3.38. The highest BCUT2D eigenvalue weighted by molar-refractivity contribution is 9.10. The van der Waals surface area contributed by atoms with Crippen molar-refractivity contribution in [3.63, 3.8) is 0 Å². The van der Waals surface area contributed by atoms with E-state index in [9.17, 15) is 9.59 Å². The Labute approximate surface area is 197 Å². The second-order valence-electron chi connectivity index (χ2n) is 6.81. The van der Waals surface area contributed by atoms with Crippen LogP contribution in [0.15, 0.2) is 74.8 Å². The molecule has 2 heterocycles. The molecule has 1 spiro atoms. The van der Waals surface area contributed by atoms with Gasteiger partial charge in [-0.25, -0.2) is 9.80 Å². The summed E-state index contributed by atoms with van der Waals surface area (Å²) in [6, 6.07) is 17.5. The van der Waals surface area contributed by atoms with Gasteiger partial charge < -0.3 is 9.64 Å². The van der Waals surface area contributed by atoms with Crippen LogP contribution in [0, 0.1) is 0 Å². The Hall–Kier alpha value is -2.23. The first-order valence-electron chi connectivity index (χ1n) is 9.64. The van der Waals surface area contributed by atoms with Crippen LogP contribution in [0.2, 0.25) is 0 Å². The average molecular weight is 518 g/mol. The minimum Gasteiger partial charge on any atom is -0.462 e. The highest BCUT2D eigenvalue weighted by Crippen LogP contribution is 2.60. The van der Waals surface area contributed by atoms with Crippen LogP contribution in [0.1, 0.15) is 20.8 Å². The number of para-hydroxylation sites is 1. The van der Waals surface area contributed by atoms with Gasteiger partial charge in [0.15, 0.2) is 10.8 Å². The SMILES string of the molecule is CCOC(=O)C1=C(C)N(c2ccccc2)[C@]2(SC(C(C)=O)=NN2c2ccc(Br)cc2)S1. The van der Waals surface area contributed by atoms with Crippen LogP contribution in [0.5, 0.6) is 0 Å². The summed E-state index contributed by atoms with van der Waals surface area (Å²) in [6.45, 7) is 5.47. The molecule has 0 radical (unpaired) electrons. The molecule has 9 heteroatoms. The molecule has 6 nitrogen and oxygen atoms in total. The molecule has 0 saturated carbocycles. The van der Waals surface area contributed by atoms with E-state index in [2.05, 4.69) is 25.9 Å². The lowest BCUT2D eigenvalue weighted by Crippen LogP contribution is -2.49. The third-order valence-electron chi connectivity index (χ3n) is 4.72. The molecule has 0 aromatic heterocycles. The minimum absolute atomic E-state index is 0.125. The molecule has 160 valence electrons. The topological polar surface area (TPSA) is 62.2 Å². The molecular weight excluding hydrogens is 498 g/mol. The Morgan fingerprint density at radius 1 is 1.06 bits per heavy atom. The van der Waals surface area contributed by atoms with E-state index >= 15 is 0 Å². The predicted octanol–water partition coefficient (Wildman–Crippen LogP) is 5.56. The van der Waals surface area contributed by atoms with Gasteiger partial charge in [0.1, 0.15) is 4.91 Å². The number of anilines is 2. The number of allylic oxidation sites excluding steroid dienone is 1. The smallest absolute Gasteiger partial charge is 0.346 e. The average Bonchev–Trinajstić information content (AvgIpc) is 3.28. The third-order valence-corrected chi connectivity index (χ3v) is 8.22. The van der Waals surface area contributed by atoms with Crippen molar-refractivity contribution in [3.8, 4) is 0 Å². The summed E-state index contributed by atoms with van der Waals surface area (Å²) >= 11 is 6.15. The number of hydrogen-bond acceptors (Lipinski definition) is 8. The molecule has 0 fully saturated rings. The molecular formula is C22H20BrN3O3S2. The fraction of sp³-hybridized carbons (Fsp3) is 0.227. The van der Waals surface area contributed by atoms with E-state index in [1.807, 2.05) is 66.5 Å². The van der Waals surface area contributed by atoms with Crippen LogP contribution >= 0.6 is 39.5 Å². The highest BCUT2D eigenvalue weighted by atomic mass is 79.9. The van der Waals surface area contributed by atoms with Crippen LogP contribution in [0.25, 0.3) is 0 Å². The molecule has 31 heavy (non-hydrogen) atoms. The molecule has 0 amide bonds. The maximum absolute atomic E-state index is 12.8. The normalized spacial score (nSPS) is 20.5. The molecule has 2 aliphatic heterocycles. The molecule has 0 N–H and O–H groups in total. The summed E-state index contributed by atoms with van der Waals surface area (Å²) in [4.78, 5) is 27.7. The van der Waals surface area contributed by atoms with Crippen LogP contribution in [-0.2, 0) is 14.3 Å². The zero-order valence-electron chi connectivity index (χ0n) is 17.2. The number of halogens is 1. The molecule has 1 atom stereocenters. The fourth-order valence-corrected chi connectivity index (χ4v) is 6.59. The Morgan fingerprint density at radius 3 is 2.35 bits per heavy atom. The first-order chi connectivity index (χ1) is 14.9. The van der Waals surface area contributed by atoms with Gasteiger partial charge in [-0.1, -0.05) is 45.9 Å². The van der Waals surface area contributed by atoms with Gasteiger partial charge >= 0.3 is 5.97 Å². The van der Waals surface area contributed by atoms with Crippen LogP contribution < -0.4 is 9.91 Å². The van der Waals surface area contributed by atoms with E-state index < -0.39 is 4.33 Å². The maximum Gasteiger partial charge on any atom is 0.346 e. The highest BCUT2D eigenvalue weighted by Gasteiger charge is 2.57. The third kappa shape index (κ3) is 3.90. The minimum atomic E-state index is -0.914. The molecule has 2 aromatic rings. The standard InChI is InChI=1S/C22H20BrN3O3S2/c1-4-29-21(28)19-14(2)25(17-8-6-5-7-9-17)22(30-19)26(24-20(31-22)15(3)27)18-12-10-16(23)11-13-18/h5-13H,4H2,1-3H3/t22-/m1/s1. The lowest BCUT2D eigenvalue weighted by molar-refractivity contribution is -0.137. The maximum atomic E-state index is 12.8. The number of benzene rings is 2. The van der Waals surface area contributed by atoms with Gasteiger partial charge in [0, 0.05) is 22.8 Å². The summed E-state index contributed by atoms with van der Waals surface area (Å²) in [5, 5.41) is 6.88. The number of Topliss-reactive ketones (excluding diaryl/α,β-unsaturated/α-hetero) is 1. The summed E-state index contributed by atoms with van der Waals surface area (Å²) in [5.41, 5.74) is 2.45. The van der Waals surface area contributed by atoms with Crippen molar-refractivity contribution in [1.82, 2.24) is 0 Å². The largest absolute Gasteiger partial charge is 0.462 e. The van der Waals surface area contributed by atoms with Crippen LogP contribution in [0.4, 0.5) is 11.4 Å². The first-order valence-corrected chi connectivity index (χ1v) is 12.1. The van der Waals surface area contributed by atoms with Gasteiger partial charge in [-0.3, -0.25) is 4.79 Å². The molecule has 0 bridgehead atoms. The summed E-state index contributed by atoms with van der Waals surface area (Å²) in [7, 11) is 0. The Morgan fingerprint density at radius 2 is 1.74 bits per heavy atom. The van der Waals surface area contributed by atoms with E-state index in [0.717, 1.165) is 21.5 Å². The number of hydrazone groups is 1. The number of carbonyl (C=O) groups excluding carboxylic acids is 2. The van der Waals surface area contributed by atoms with Crippen molar-refractivity contribution in [1.29, 1.82) is 0 Å². The molecule has 0 aliphatic carbocycles. The zero-order chi connectivity index (χ0) is 22.2. The van der Waals surface area contributed by atoms with Crippen molar-refractivity contribution in [2.75, 3.05) is 16.5 Å². The van der Waals surface area contributed by atoms with Crippen molar-refractivity contribution in [2.24, 2.45) is 5.10 Å². The van der Waals surface area contributed by atoms with Gasteiger partial charge in [0.25, 0.3) is 0 Å². The number of ketones is 1. The lowest BCUT2D eigenvalue weighted by atomic mass is 10.2. The molecule has 2 aliphatic rings.